The van der Waals surface area contributed by atoms with Gasteiger partial charge in [0.2, 0.25) is 0 Å². The van der Waals surface area contributed by atoms with Gasteiger partial charge in [-0.25, -0.2) is 4.21 Å². The molecule has 20 heavy (non-hydrogen) atoms. The largest absolute Gasteiger partial charge is 0.321 e. The molecule has 3 rings (SSSR count). The maximum atomic E-state index is 12.3. The van der Waals surface area contributed by atoms with Gasteiger partial charge in [-0.15, -0.1) is 0 Å². The number of carbonyl (C=O) groups is 1. The molecule has 0 aliphatic carbocycles. The molecular weight excluding hydrogens is 294 g/mol. The van der Waals surface area contributed by atoms with Crippen LogP contribution in [-0.4, -0.2) is 10.1 Å². The number of hydrogen-bond donors (Lipinski definition) is 1. The Kier molecular flexibility index (Phi) is 3.42. The molecule has 1 atom stereocenters. The molecule has 0 saturated heterocycles. The predicted molar refractivity (Wildman–Crippen MR) is 80.7 cm³/mol. The zero-order valence-electron chi connectivity index (χ0n) is 10.3. The molecule has 0 radical (unpaired) electrons. The molecule has 100 valence electrons. The van der Waals surface area contributed by atoms with Crippen molar-refractivity contribution in [1.29, 1.82) is 0 Å². The lowest BCUT2D eigenvalue weighted by Gasteiger charge is -2.05. The van der Waals surface area contributed by atoms with Crippen LogP contribution in [0.1, 0.15) is 5.56 Å². The average Bonchev–Trinajstić information content (AvgIpc) is 2.72. The van der Waals surface area contributed by atoms with Crippen LogP contribution in [0.25, 0.3) is 5.03 Å². The number of halogens is 1. The Bertz CT molecular complexity index is 741. The molecule has 0 spiro atoms. The first-order valence-corrected chi connectivity index (χ1v) is 7.48. The fourth-order valence-corrected chi connectivity index (χ4v) is 3.82. The smallest absolute Gasteiger partial charge is 0.266 e. The number of para-hydroxylation sites is 1. The third-order valence-electron chi connectivity index (χ3n) is 2.95. The average molecular weight is 304 g/mol. The number of hydrogen-bond acceptors (Lipinski definition) is 2. The van der Waals surface area contributed by atoms with Crippen LogP contribution in [0.3, 0.4) is 0 Å². The molecule has 1 N–H and O–H groups in total. The van der Waals surface area contributed by atoms with Crippen LogP contribution in [0.5, 0.6) is 0 Å². The lowest BCUT2D eigenvalue weighted by Crippen LogP contribution is -2.16. The molecule has 3 nitrogen and oxygen atoms in total. The molecule has 0 bridgehead atoms. The second kappa shape index (κ2) is 5.23. The van der Waals surface area contributed by atoms with E-state index >= 15 is 0 Å². The number of carbonyl (C=O) groups excluding carboxylic acids is 1. The van der Waals surface area contributed by atoms with Gasteiger partial charge in [-0.1, -0.05) is 48.0 Å². The first kappa shape index (κ1) is 13.1. The SMILES string of the molecule is O=C(Nc1ccccc1)C1=C(Cl)c2ccccc2S1=O. The van der Waals surface area contributed by atoms with Crippen molar-refractivity contribution < 1.29 is 9.00 Å². The van der Waals surface area contributed by atoms with Gasteiger partial charge in [0.15, 0.2) is 0 Å². The minimum absolute atomic E-state index is 0.108. The van der Waals surface area contributed by atoms with Gasteiger partial charge in [-0.3, -0.25) is 4.79 Å². The zero-order chi connectivity index (χ0) is 14.1. The summed E-state index contributed by atoms with van der Waals surface area (Å²) < 4.78 is 12.3. The van der Waals surface area contributed by atoms with Gasteiger partial charge in [0.1, 0.15) is 4.91 Å². The minimum Gasteiger partial charge on any atom is -0.321 e. The van der Waals surface area contributed by atoms with Gasteiger partial charge >= 0.3 is 0 Å². The third kappa shape index (κ3) is 2.17. The Morgan fingerprint density at radius 2 is 1.65 bits per heavy atom. The molecule has 1 unspecified atom stereocenters. The van der Waals surface area contributed by atoms with Crippen molar-refractivity contribution in [2.45, 2.75) is 4.90 Å². The highest BCUT2D eigenvalue weighted by Gasteiger charge is 2.32. The lowest BCUT2D eigenvalue weighted by molar-refractivity contribution is -0.112. The highest BCUT2D eigenvalue weighted by Crippen LogP contribution is 2.39. The van der Waals surface area contributed by atoms with Gasteiger partial charge in [0.05, 0.1) is 20.7 Å². The van der Waals surface area contributed by atoms with E-state index in [1.807, 2.05) is 18.2 Å². The van der Waals surface area contributed by atoms with Crippen molar-refractivity contribution in [3.05, 3.63) is 65.1 Å². The van der Waals surface area contributed by atoms with Gasteiger partial charge in [-0.2, -0.15) is 0 Å². The predicted octanol–water partition coefficient (Wildman–Crippen LogP) is 3.35. The number of nitrogens with one attached hydrogen (secondary N) is 1. The third-order valence-corrected chi connectivity index (χ3v) is 4.97. The Morgan fingerprint density at radius 1 is 1.00 bits per heavy atom. The number of benzene rings is 2. The first-order chi connectivity index (χ1) is 9.68. The summed E-state index contributed by atoms with van der Waals surface area (Å²) in [7, 11) is -1.53. The highest BCUT2D eigenvalue weighted by atomic mass is 35.5. The van der Waals surface area contributed by atoms with Crippen molar-refractivity contribution in [3.63, 3.8) is 0 Å². The van der Waals surface area contributed by atoms with Crippen molar-refractivity contribution >= 4 is 39.0 Å². The van der Waals surface area contributed by atoms with E-state index in [0.29, 0.717) is 16.1 Å². The Morgan fingerprint density at radius 3 is 2.35 bits per heavy atom. The van der Waals surface area contributed by atoms with Crippen molar-refractivity contribution in [2.75, 3.05) is 5.32 Å². The topological polar surface area (TPSA) is 46.2 Å². The molecule has 0 aromatic heterocycles. The summed E-state index contributed by atoms with van der Waals surface area (Å²) >= 11 is 6.19. The summed E-state index contributed by atoms with van der Waals surface area (Å²) in [6.45, 7) is 0. The number of amides is 1. The van der Waals surface area contributed by atoms with Crippen molar-refractivity contribution in [3.8, 4) is 0 Å². The molecular formula is C15H10ClNO2S. The second-order valence-corrected chi connectivity index (χ2v) is 5.99. The molecule has 5 heteroatoms. The quantitative estimate of drug-likeness (QED) is 0.924. The van der Waals surface area contributed by atoms with E-state index in [4.69, 9.17) is 11.6 Å². The van der Waals surface area contributed by atoms with Gasteiger partial charge in [-0.05, 0) is 18.2 Å². The van der Waals surface area contributed by atoms with Gasteiger partial charge < -0.3 is 5.32 Å². The molecule has 1 aliphatic heterocycles. The van der Waals surface area contributed by atoms with Crippen LogP contribution >= 0.6 is 11.6 Å². The summed E-state index contributed by atoms with van der Waals surface area (Å²) in [4.78, 5) is 12.9. The molecule has 1 aliphatic rings. The summed E-state index contributed by atoms with van der Waals surface area (Å²) in [5.74, 6) is -0.435. The first-order valence-electron chi connectivity index (χ1n) is 5.96. The fourth-order valence-electron chi connectivity index (χ4n) is 2.02. The summed E-state index contributed by atoms with van der Waals surface area (Å²) in [6.07, 6.45) is 0. The Hall–Kier alpha value is -1.91. The summed E-state index contributed by atoms with van der Waals surface area (Å²) in [5, 5.41) is 2.96. The van der Waals surface area contributed by atoms with E-state index in [1.54, 1.807) is 36.4 Å². The second-order valence-electron chi connectivity index (χ2n) is 4.23. The van der Waals surface area contributed by atoms with E-state index in [2.05, 4.69) is 5.32 Å². The van der Waals surface area contributed by atoms with Crippen LogP contribution in [0, 0.1) is 0 Å². The minimum atomic E-state index is -1.53. The maximum Gasteiger partial charge on any atom is 0.266 e. The Balaban J connectivity index is 1.94. The van der Waals surface area contributed by atoms with E-state index in [0.717, 1.165) is 0 Å². The highest BCUT2D eigenvalue weighted by molar-refractivity contribution is 7.91. The monoisotopic (exact) mass is 303 g/mol. The van der Waals surface area contributed by atoms with Crippen LogP contribution in [0.2, 0.25) is 0 Å². The van der Waals surface area contributed by atoms with E-state index in [-0.39, 0.29) is 9.94 Å². The van der Waals surface area contributed by atoms with Crippen molar-refractivity contribution in [1.82, 2.24) is 0 Å². The van der Waals surface area contributed by atoms with Crippen LogP contribution in [0.4, 0.5) is 5.69 Å². The van der Waals surface area contributed by atoms with Crippen LogP contribution in [-0.2, 0) is 15.6 Å². The standard InChI is InChI=1S/C15H10ClNO2S/c16-13-11-8-4-5-9-12(11)20(19)14(13)15(18)17-10-6-2-1-3-7-10/h1-9H,(H,17,18). The maximum absolute atomic E-state index is 12.3. The number of fused-ring (bicyclic) bond motifs is 1. The van der Waals surface area contributed by atoms with E-state index in [9.17, 15) is 9.00 Å². The van der Waals surface area contributed by atoms with E-state index < -0.39 is 16.7 Å². The summed E-state index contributed by atoms with van der Waals surface area (Å²) in [6, 6.07) is 16.1. The Labute approximate surface area is 123 Å². The molecule has 0 saturated carbocycles. The van der Waals surface area contributed by atoms with Gasteiger partial charge in [0, 0.05) is 11.3 Å². The number of anilines is 1. The molecule has 1 heterocycles. The molecule has 1 amide bonds. The van der Waals surface area contributed by atoms with Crippen LogP contribution < -0.4 is 5.32 Å². The molecule has 2 aromatic rings. The number of rotatable bonds is 2. The van der Waals surface area contributed by atoms with Crippen molar-refractivity contribution in [2.24, 2.45) is 0 Å². The lowest BCUT2D eigenvalue weighted by atomic mass is 10.2. The summed E-state index contributed by atoms with van der Waals surface area (Å²) in [5.41, 5.74) is 1.30. The van der Waals surface area contributed by atoms with Crippen LogP contribution in [0.15, 0.2) is 64.4 Å². The fraction of sp³-hybridized carbons (Fsp3) is 0. The van der Waals surface area contributed by atoms with E-state index in [1.165, 1.54) is 0 Å². The normalized spacial score (nSPS) is 16.9. The van der Waals surface area contributed by atoms with Gasteiger partial charge in [0.25, 0.3) is 5.91 Å². The zero-order valence-corrected chi connectivity index (χ0v) is 11.9. The molecule has 0 fully saturated rings. The molecule has 2 aromatic carbocycles.